The summed E-state index contributed by atoms with van der Waals surface area (Å²) in [7, 11) is 0. The number of thiophene rings is 1. The van der Waals surface area contributed by atoms with E-state index in [2.05, 4.69) is 15.5 Å². The Morgan fingerprint density at radius 3 is 2.90 bits per heavy atom. The highest BCUT2D eigenvalue weighted by Gasteiger charge is 2.14. The molecule has 0 spiro atoms. The number of benzene rings is 1. The maximum Gasteiger partial charge on any atom is 0.265 e. The van der Waals surface area contributed by atoms with Crippen LogP contribution < -0.4 is 5.32 Å². The average molecular weight is 298 g/mol. The molecule has 2 heterocycles. The van der Waals surface area contributed by atoms with Crippen LogP contribution in [0.5, 0.6) is 0 Å². The van der Waals surface area contributed by atoms with E-state index in [1.54, 1.807) is 12.4 Å². The molecule has 2 aromatic heterocycles. The molecule has 0 aliphatic carbocycles. The fourth-order valence-corrected chi connectivity index (χ4v) is 2.69. The third-order valence-corrected chi connectivity index (χ3v) is 3.99. The van der Waals surface area contributed by atoms with Gasteiger partial charge < -0.3 is 9.88 Å². The minimum atomic E-state index is -0.111. The molecule has 106 valence electrons. The molecule has 0 radical (unpaired) electrons. The van der Waals surface area contributed by atoms with Crippen LogP contribution in [0.15, 0.2) is 48.1 Å². The van der Waals surface area contributed by atoms with E-state index < -0.39 is 0 Å². The molecule has 0 bridgehead atoms. The van der Waals surface area contributed by atoms with E-state index >= 15 is 0 Å². The molecule has 1 aromatic carbocycles. The highest BCUT2D eigenvalue weighted by molar-refractivity contribution is 7.12. The van der Waals surface area contributed by atoms with Gasteiger partial charge in [0.25, 0.3) is 5.91 Å². The second kappa shape index (κ2) is 5.88. The van der Waals surface area contributed by atoms with Gasteiger partial charge in [-0.15, -0.1) is 21.5 Å². The molecule has 21 heavy (non-hydrogen) atoms. The van der Waals surface area contributed by atoms with Crippen LogP contribution in [0, 0.1) is 0 Å². The lowest BCUT2D eigenvalue weighted by atomic mass is 10.1. The number of nitrogens with zero attached hydrogens (tertiary/aromatic N) is 3. The quantitative estimate of drug-likeness (QED) is 0.804. The zero-order chi connectivity index (χ0) is 14.7. The number of para-hydroxylation sites is 1. The molecule has 3 rings (SSSR count). The topological polar surface area (TPSA) is 59.8 Å². The Balaban J connectivity index is 1.95. The van der Waals surface area contributed by atoms with Crippen molar-refractivity contribution in [2.75, 3.05) is 5.32 Å². The first-order chi connectivity index (χ1) is 10.3. The van der Waals surface area contributed by atoms with Crippen molar-refractivity contribution in [2.24, 2.45) is 0 Å². The van der Waals surface area contributed by atoms with E-state index in [1.807, 2.05) is 47.2 Å². The summed E-state index contributed by atoms with van der Waals surface area (Å²) in [5.41, 5.74) is 1.60. The van der Waals surface area contributed by atoms with Crippen LogP contribution in [0.1, 0.15) is 16.6 Å². The molecule has 0 atom stereocenters. The monoisotopic (exact) mass is 298 g/mol. The minimum absolute atomic E-state index is 0.111. The molecule has 0 saturated carbocycles. The summed E-state index contributed by atoms with van der Waals surface area (Å²) in [5.74, 6) is 0.639. The van der Waals surface area contributed by atoms with E-state index in [4.69, 9.17) is 0 Å². The van der Waals surface area contributed by atoms with Crippen LogP contribution >= 0.6 is 11.3 Å². The molecule has 0 fully saturated rings. The molecule has 5 nitrogen and oxygen atoms in total. The molecule has 0 unspecified atom stereocenters. The van der Waals surface area contributed by atoms with Gasteiger partial charge in [-0.2, -0.15) is 0 Å². The zero-order valence-electron chi connectivity index (χ0n) is 11.5. The van der Waals surface area contributed by atoms with Crippen LogP contribution in [0.4, 0.5) is 5.69 Å². The van der Waals surface area contributed by atoms with Crippen LogP contribution in [-0.2, 0) is 6.54 Å². The highest BCUT2D eigenvalue weighted by atomic mass is 32.1. The number of carbonyl (C=O) groups is 1. The van der Waals surface area contributed by atoms with Crippen molar-refractivity contribution >= 4 is 22.9 Å². The summed E-state index contributed by atoms with van der Waals surface area (Å²) < 4.78 is 1.94. The van der Waals surface area contributed by atoms with Gasteiger partial charge in [0.05, 0.1) is 10.6 Å². The minimum Gasteiger partial charge on any atom is -0.321 e. The first-order valence-corrected chi connectivity index (χ1v) is 7.49. The van der Waals surface area contributed by atoms with Crippen LogP contribution in [0.3, 0.4) is 0 Å². The van der Waals surface area contributed by atoms with Gasteiger partial charge in [0.15, 0.2) is 5.82 Å². The number of aryl methyl sites for hydroxylation is 1. The van der Waals surface area contributed by atoms with E-state index in [9.17, 15) is 4.79 Å². The van der Waals surface area contributed by atoms with Crippen LogP contribution in [-0.4, -0.2) is 20.7 Å². The lowest BCUT2D eigenvalue weighted by Gasteiger charge is -2.10. The Labute approximate surface area is 126 Å². The van der Waals surface area contributed by atoms with Gasteiger partial charge in [-0.05, 0) is 30.5 Å². The van der Waals surface area contributed by atoms with Gasteiger partial charge in [-0.25, -0.2) is 0 Å². The Kier molecular flexibility index (Phi) is 3.79. The summed E-state index contributed by atoms with van der Waals surface area (Å²) in [6.45, 7) is 2.80. The number of aromatic nitrogens is 3. The Hall–Kier alpha value is -2.47. The Bertz CT molecular complexity index is 749. The fourth-order valence-electron chi connectivity index (χ4n) is 2.07. The van der Waals surface area contributed by atoms with Gasteiger partial charge >= 0.3 is 0 Å². The van der Waals surface area contributed by atoms with Crippen molar-refractivity contribution in [1.82, 2.24) is 14.8 Å². The lowest BCUT2D eigenvalue weighted by Crippen LogP contribution is -2.11. The largest absolute Gasteiger partial charge is 0.321 e. The first-order valence-electron chi connectivity index (χ1n) is 6.61. The summed E-state index contributed by atoms with van der Waals surface area (Å²) in [6.07, 6.45) is 1.69. The third-order valence-electron chi connectivity index (χ3n) is 3.12. The highest BCUT2D eigenvalue weighted by Crippen LogP contribution is 2.26. The van der Waals surface area contributed by atoms with Gasteiger partial charge in [0.1, 0.15) is 6.33 Å². The number of hydrogen-bond acceptors (Lipinski definition) is 4. The third kappa shape index (κ3) is 2.71. The maximum absolute atomic E-state index is 12.2. The van der Waals surface area contributed by atoms with Crippen molar-refractivity contribution < 1.29 is 4.79 Å². The van der Waals surface area contributed by atoms with Gasteiger partial charge in [0.2, 0.25) is 0 Å². The van der Waals surface area contributed by atoms with E-state index in [0.717, 1.165) is 23.6 Å². The van der Waals surface area contributed by atoms with Crippen molar-refractivity contribution in [2.45, 2.75) is 13.5 Å². The normalized spacial score (nSPS) is 10.5. The van der Waals surface area contributed by atoms with Crippen LogP contribution in [0.25, 0.3) is 11.4 Å². The van der Waals surface area contributed by atoms with E-state index in [1.165, 1.54) is 11.3 Å². The molecule has 3 aromatic rings. The molecular weight excluding hydrogens is 284 g/mol. The summed E-state index contributed by atoms with van der Waals surface area (Å²) in [6, 6.07) is 11.3. The van der Waals surface area contributed by atoms with Crippen molar-refractivity contribution in [3.05, 3.63) is 53.0 Å². The molecule has 0 saturated heterocycles. The van der Waals surface area contributed by atoms with Gasteiger partial charge in [-0.1, -0.05) is 18.2 Å². The predicted octanol–water partition coefficient (Wildman–Crippen LogP) is 3.28. The summed E-state index contributed by atoms with van der Waals surface area (Å²) >= 11 is 1.42. The van der Waals surface area contributed by atoms with Gasteiger partial charge in [-0.3, -0.25) is 4.79 Å². The molecule has 6 heteroatoms. The second-order valence-electron chi connectivity index (χ2n) is 4.42. The number of hydrogen-bond donors (Lipinski definition) is 1. The zero-order valence-corrected chi connectivity index (χ0v) is 12.3. The number of rotatable bonds is 4. The maximum atomic E-state index is 12.2. The molecule has 0 aliphatic rings. The fraction of sp³-hybridized carbons (Fsp3) is 0.133. The number of amides is 1. The van der Waals surface area contributed by atoms with Crippen molar-refractivity contribution in [3.8, 4) is 11.4 Å². The SMILES string of the molecule is CCn1cnnc1-c1ccccc1NC(=O)c1cccs1. The van der Waals surface area contributed by atoms with Crippen LogP contribution in [0.2, 0.25) is 0 Å². The second-order valence-corrected chi connectivity index (χ2v) is 5.37. The molecular formula is C15H14N4OS. The standard InChI is InChI=1S/C15H14N4OS/c1-2-19-10-16-18-14(19)11-6-3-4-7-12(11)17-15(20)13-8-5-9-21-13/h3-10H,2H2,1H3,(H,17,20). The number of nitrogens with one attached hydrogen (secondary N) is 1. The van der Waals surface area contributed by atoms with E-state index in [0.29, 0.717) is 4.88 Å². The Morgan fingerprint density at radius 2 is 2.14 bits per heavy atom. The summed E-state index contributed by atoms with van der Waals surface area (Å²) in [5, 5.41) is 12.9. The number of anilines is 1. The lowest BCUT2D eigenvalue weighted by molar-refractivity contribution is 0.103. The van der Waals surface area contributed by atoms with Gasteiger partial charge in [0, 0.05) is 12.1 Å². The van der Waals surface area contributed by atoms with E-state index in [-0.39, 0.29) is 5.91 Å². The molecule has 1 amide bonds. The van der Waals surface area contributed by atoms with Crippen molar-refractivity contribution in [1.29, 1.82) is 0 Å². The van der Waals surface area contributed by atoms with Crippen molar-refractivity contribution in [3.63, 3.8) is 0 Å². The Morgan fingerprint density at radius 1 is 1.29 bits per heavy atom. The average Bonchev–Trinajstić information content (AvgIpc) is 3.19. The molecule has 0 aliphatic heterocycles. The predicted molar refractivity (Wildman–Crippen MR) is 83.4 cm³/mol. The number of carbonyl (C=O) groups excluding carboxylic acids is 1. The smallest absolute Gasteiger partial charge is 0.265 e. The molecule has 1 N–H and O–H groups in total. The first kappa shape index (κ1) is 13.5. The summed E-state index contributed by atoms with van der Waals surface area (Å²) in [4.78, 5) is 12.9.